The topological polar surface area (TPSA) is 79.5 Å². The second-order valence-electron chi connectivity index (χ2n) is 6.73. The van der Waals surface area contributed by atoms with E-state index in [1.807, 2.05) is 54.6 Å². The molecule has 0 spiro atoms. The van der Waals surface area contributed by atoms with Crippen LogP contribution in [0.4, 0.5) is 10.7 Å². The molecule has 3 heterocycles. The molecular weight excluding hydrogens is 476 g/mol. The smallest absolute Gasteiger partial charge is 0.346 e. The summed E-state index contributed by atoms with van der Waals surface area (Å²) in [6, 6.07) is 23.4. The van der Waals surface area contributed by atoms with Crippen molar-refractivity contribution < 1.29 is 19.6 Å². The molecule has 4 rings (SSSR count). The van der Waals surface area contributed by atoms with E-state index in [1.165, 1.54) is 17.4 Å². The van der Waals surface area contributed by atoms with Gasteiger partial charge in [0.1, 0.15) is 25.9 Å². The molecule has 4 aromatic rings. The van der Waals surface area contributed by atoms with E-state index < -0.39 is 5.97 Å². The molecule has 1 aromatic carbocycles. The quantitative estimate of drug-likeness (QED) is 0.124. The van der Waals surface area contributed by atoms with Crippen molar-refractivity contribution in [1.82, 2.24) is 4.81 Å². The second-order valence-corrected chi connectivity index (χ2v) is 9.99. The van der Waals surface area contributed by atoms with Crippen LogP contribution in [0.1, 0.15) is 4.88 Å². The molecule has 0 aliphatic heterocycles. The van der Waals surface area contributed by atoms with Gasteiger partial charge in [-0.3, -0.25) is 0 Å². The minimum atomic E-state index is -1.23. The van der Waals surface area contributed by atoms with Crippen molar-refractivity contribution in [2.45, 2.75) is 0 Å². The second kappa shape index (κ2) is 9.80. The van der Waals surface area contributed by atoms with E-state index in [2.05, 4.69) is 12.1 Å². The lowest BCUT2D eigenvalue weighted by molar-refractivity contribution is -0.284. The van der Waals surface area contributed by atoms with Gasteiger partial charge < -0.3 is 5.11 Å². The normalized spacial score (nSPS) is 12.0. The van der Waals surface area contributed by atoms with E-state index >= 15 is 0 Å². The van der Waals surface area contributed by atoms with Crippen LogP contribution in [0, 0.1) is 11.3 Å². The first-order valence-corrected chi connectivity index (χ1v) is 12.2. The van der Waals surface area contributed by atoms with Crippen LogP contribution in [0.5, 0.6) is 0 Å². The summed E-state index contributed by atoms with van der Waals surface area (Å²) in [5, 5.41) is 18.9. The van der Waals surface area contributed by atoms with E-state index in [4.69, 9.17) is 20.0 Å². The molecule has 0 amide bonds. The fourth-order valence-electron chi connectivity index (χ4n) is 3.28. The first-order chi connectivity index (χ1) is 16.0. The summed E-state index contributed by atoms with van der Waals surface area (Å²) in [5.74, 6) is -1.23. The molecule has 0 aliphatic rings. The Labute approximate surface area is 202 Å². The number of para-hydroxylation sites is 1. The lowest BCUT2D eigenvalue weighted by Gasteiger charge is -2.26. The molecule has 0 saturated carbocycles. The summed E-state index contributed by atoms with van der Waals surface area (Å²) in [4.78, 5) is 27.5. The minimum Gasteiger partial charge on any atom is -0.477 e. The van der Waals surface area contributed by atoms with E-state index in [1.54, 1.807) is 43.0 Å². The Morgan fingerprint density at radius 1 is 0.879 bits per heavy atom. The van der Waals surface area contributed by atoms with Crippen LogP contribution in [0.15, 0.2) is 72.3 Å². The first-order valence-electron chi connectivity index (χ1n) is 9.73. The lowest BCUT2D eigenvalue weighted by Crippen LogP contribution is -2.41. The van der Waals surface area contributed by atoms with Gasteiger partial charge in [-0.1, -0.05) is 29.5 Å². The van der Waals surface area contributed by atoms with Crippen molar-refractivity contribution in [2.75, 3.05) is 14.2 Å². The minimum absolute atomic E-state index is 0.171. The fourth-order valence-corrected chi connectivity index (χ4v) is 6.54. The van der Waals surface area contributed by atoms with Crippen LogP contribution in [-0.4, -0.2) is 25.3 Å². The molecule has 0 unspecified atom stereocenters. The third kappa shape index (κ3) is 4.54. The summed E-state index contributed by atoms with van der Waals surface area (Å²) < 4.78 is 0. The van der Waals surface area contributed by atoms with Crippen molar-refractivity contribution >= 4 is 56.7 Å². The molecule has 0 radical (unpaired) electrons. The zero-order valence-corrected chi connectivity index (χ0v) is 20.2. The average molecular weight is 496 g/mol. The molecule has 3 aromatic heterocycles. The van der Waals surface area contributed by atoms with Gasteiger partial charge in [0.15, 0.2) is 0 Å². The highest BCUT2D eigenvalue weighted by molar-refractivity contribution is 7.27. The van der Waals surface area contributed by atoms with Crippen molar-refractivity contribution in [3.63, 3.8) is 0 Å². The van der Waals surface area contributed by atoms with Gasteiger partial charge in [-0.15, -0.1) is 22.7 Å². The van der Waals surface area contributed by atoms with Gasteiger partial charge >= 0.3 is 5.97 Å². The zero-order chi connectivity index (χ0) is 23.4. The number of hydrogen-bond donors (Lipinski definition) is 1. The van der Waals surface area contributed by atoms with Crippen molar-refractivity contribution in [3.05, 3.63) is 77.2 Å². The molecule has 0 fully saturated rings. The highest BCUT2D eigenvalue weighted by Crippen LogP contribution is 2.45. The van der Waals surface area contributed by atoms with Gasteiger partial charge in [0, 0.05) is 42.5 Å². The number of carbonyl (C=O) groups is 1. The highest BCUT2D eigenvalue weighted by atomic mass is 32.1. The standard InChI is InChI=1S/C24H18N2O4S3/c1-29-26(30-2,17-6-4-3-5-7-17)23-13-12-22(33-23)21-11-10-20(32-21)19-9-8-18(31-19)14-16(15-25)24(27)28/h3-14H,1-2H3/p+1/b16-14+. The van der Waals surface area contributed by atoms with Crippen molar-refractivity contribution in [2.24, 2.45) is 0 Å². The number of benzene rings is 1. The number of thiophene rings is 3. The summed E-state index contributed by atoms with van der Waals surface area (Å²) in [6.45, 7) is 0. The maximum absolute atomic E-state index is 11.1. The first kappa shape index (κ1) is 23.1. The molecule has 0 saturated heterocycles. The number of carboxylic acids is 1. The van der Waals surface area contributed by atoms with Crippen LogP contribution >= 0.6 is 34.0 Å². The summed E-state index contributed by atoms with van der Waals surface area (Å²) >= 11 is 4.69. The maximum atomic E-state index is 11.1. The predicted octanol–water partition coefficient (Wildman–Crippen LogP) is 6.96. The zero-order valence-electron chi connectivity index (χ0n) is 17.7. The number of nitrogens with zero attached hydrogens (tertiary/aromatic N) is 2. The SMILES string of the molecule is CO[N+](OC)(c1ccccc1)c1ccc(-c2ccc(-c3ccc(/C=C(\C#N)C(=O)O)s3)s2)s1. The molecule has 0 aliphatic carbocycles. The van der Waals surface area contributed by atoms with Gasteiger partial charge in [0.25, 0.3) is 5.00 Å². The number of nitriles is 1. The third-order valence-corrected chi connectivity index (χ3v) is 8.49. The van der Waals surface area contributed by atoms with E-state index in [-0.39, 0.29) is 10.4 Å². The Balaban J connectivity index is 1.62. The molecule has 6 nitrogen and oxygen atoms in total. The molecule has 33 heavy (non-hydrogen) atoms. The van der Waals surface area contributed by atoms with E-state index in [0.717, 1.165) is 35.1 Å². The number of carboxylic acid groups (broad SMARTS) is 1. The molecular formula is C24H19N2O4S3+. The maximum Gasteiger partial charge on any atom is 0.346 e. The summed E-state index contributed by atoms with van der Waals surface area (Å²) in [6.07, 6.45) is 1.40. The fraction of sp³-hybridized carbons (Fsp3) is 0.0833. The average Bonchev–Trinajstić information content (AvgIpc) is 3.60. The number of aliphatic carboxylic acids is 1. The van der Waals surface area contributed by atoms with Gasteiger partial charge in [-0.05, 0) is 36.4 Å². The molecule has 1 N–H and O–H groups in total. The van der Waals surface area contributed by atoms with Gasteiger partial charge in [0.2, 0.25) is 5.69 Å². The Kier molecular flexibility index (Phi) is 6.85. The van der Waals surface area contributed by atoms with Crippen LogP contribution < -0.4 is 4.81 Å². The van der Waals surface area contributed by atoms with E-state index in [0.29, 0.717) is 0 Å². The molecule has 0 bridgehead atoms. The van der Waals surface area contributed by atoms with Crippen molar-refractivity contribution in [3.8, 4) is 25.6 Å². The Morgan fingerprint density at radius 2 is 1.45 bits per heavy atom. The molecule has 9 heteroatoms. The lowest BCUT2D eigenvalue weighted by atomic mass is 10.2. The van der Waals surface area contributed by atoms with Gasteiger partial charge in [-0.2, -0.15) is 14.9 Å². The van der Waals surface area contributed by atoms with Crippen molar-refractivity contribution in [1.29, 1.82) is 5.26 Å². The van der Waals surface area contributed by atoms with Gasteiger partial charge in [0.05, 0.1) is 4.88 Å². The summed E-state index contributed by atoms with van der Waals surface area (Å²) in [5.41, 5.74) is 0.581. The highest BCUT2D eigenvalue weighted by Gasteiger charge is 2.38. The number of hydrogen-bond acceptors (Lipinski definition) is 7. The van der Waals surface area contributed by atoms with Gasteiger partial charge in [-0.25, -0.2) is 4.79 Å². The van der Waals surface area contributed by atoms with Crippen LogP contribution in [0.25, 0.3) is 25.6 Å². The number of rotatable bonds is 8. The predicted molar refractivity (Wildman–Crippen MR) is 134 cm³/mol. The number of quaternary nitrogens is 1. The van der Waals surface area contributed by atoms with Crippen LogP contribution in [-0.2, 0) is 14.5 Å². The third-order valence-electron chi connectivity index (χ3n) is 4.85. The largest absolute Gasteiger partial charge is 0.477 e. The molecule has 166 valence electrons. The Bertz CT molecular complexity index is 1340. The van der Waals surface area contributed by atoms with Crippen LogP contribution in [0.2, 0.25) is 0 Å². The Hall–Kier alpha value is -3.10. The monoisotopic (exact) mass is 495 g/mol. The van der Waals surface area contributed by atoms with Crippen LogP contribution in [0.3, 0.4) is 0 Å². The summed E-state index contributed by atoms with van der Waals surface area (Å²) in [7, 11) is 3.23. The van der Waals surface area contributed by atoms with E-state index in [9.17, 15) is 4.79 Å². The molecule has 0 atom stereocenters. The Morgan fingerprint density at radius 3 is 2.06 bits per heavy atom.